The van der Waals surface area contributed by atoms with Crippen LogP contribution in [0.3, 0.4) is 0 Å². The molecule has 0 atom stereocenters. The number of anilines is 1. The first-order chi connectivity index (χ1) is 9.87. The number of ether oxygens (including phenoxy) is 1. The molecule has 2 rings (SSSR count). The standard InChI is InChI=1S/C13H16N2O4S2/c1-8-9(2)20-13(14-8)15-21(17,18)12-6-10(7-16)4-5-11(12)19-3/h4-6,16H,7H2,1-3H3,(H,14,15). The summed E-state index contributed by atoms with van der Waals surface area (Å²) in [5, 5.41) is 9.46. The number of nitrogens with zero attached hydrogens (tertiary/aromatic N) is 1. The molecule has 0 amide bonds. The Kier molecular flexibility index (Phi) is 4.50. The zero-order valence-electron chi connectivity index (χ0n) is 11.9. The lowest BCUT2D eigenvalue weighted by Crippen LogP contribution is -2.14. The average Bonchev–Trinajstić information content (AvgIpc) is 2.75. The van der Waals surface area contributed by atoms with Crippen LogP contribution < -0.4 is 9.46 Å². The van der Waals surface area contributed by atoms with E-state index in [0.29, 0.717) is 10.7 Å². The number of benzene rings is 1. The van der Waals surface area contributed by atoms with Crippen LogP contribution in [0.5, 0.6) is 5.75 Å². The maximum atomic E-state index is 12.5. The molecule has 0 unspecified atom stereocenters. The van der Waals surface area contributed by atoms with Gasteiger partial charge in [0.15, 0.2) is 5.13 Å². The topological polar surface area (TPSA) is 88.5 Å². The predicted molar refractivity (Wildman–Crippen MR) is 81.3 cm³/mol. The molecule has 8 heteroatoms. The van der Waals surface area contributed by atoms with E-state index in [0.717, 1.165) is 10.6 Å². The molecular weight excluding hydrogens is 312 g/mol. The van der Waals surface area contributed by atoms with Gasteiger partial charge in [0.05, 0.1) is 19.4 Å². The van der Waals surface area contributed by atoms with Gasteiger partial charge in [-0.1, -0.05) is 6.07 Å². The SMILES string of the molecule is COc1ccc(CO)cc1S(=O)(=O)Nc1nc(C)c(C)s1. The Hall–Kier alpha value is -1.64. The van der Waals surface area contributed by atoms with Crippen LogP contribution >= 0.6 is 11.3 Å². The number of sulfonamides is 1. The zero-order chi connectivity index (χ0) is 15.6. The number of aliphatic hydroxyl groups is 1. The number of rotatable bonds is 5. The summed E-state index contributed by atoms with van der Waals surface area (Å²) in [6, 6.07) is 4.50. The lowest BCUT2D eigenvalue weighted by atomic mass is 10.2. The van der Waals surface area contributed by atoms with E-state index in [4.69, 9.17) is 9.84 Å². The molecule has 0 aliphatic rings. The molecule has 0 fully saturated rings. The molecule has 21 heavy (non-hydrogen) atoms. The average molecular weight is 328 g/mol. The van der Waals surface area contributed by atoms with Crippen molar-refractivity contribution in [2.24, 2.45) is 0 Å². The van der Waals surface area contributed by atoms with E-state index in [1.807, 2.05) is 13.8 Å². The molecule has 0 aliphatic heterocycles. The summed E-state index contributed by atoms with van der Waals surface area (Å²) in [5.74, 6) is 0.213. The minimum absolute atomic E-state index is 0.0259. The summed E-state index contributed by atoms with van der Waals surface area (Å²) in [6.07, 6.45) is 0. The highest BCUT2D eigenvalue weighted by atomic mass is 32.2. The molecule has 114 valence electrons. The highest BCUT2D eigenvalue weighted by molar-refractivity contribution is 7.93. The number of aryl methyl sites for hydroxylation is 2. The third kappa shape index (κ3) is 3.34. The van der Waals surface area contributed by atoms with E-state index in [-0.39, 0.29) is 17.3 Å². The molecule has 2 N–H and O–H groups in total. The van der Waals surface area contributed by atoms with Gasteiger partial charge in [-0.15, -0.1) is 11.3 Å². The van der Waals surface area contributed by atoms with Crippen LogP contribution in [0.25, 0.3) is 0 Å². The number of methoxy groups -OCH3 is 1. The number of hydrogen-bond acceptors (Lipinski definition) is 6. The van der Waals surface area contributed by atoms with Gasteiger partial charge in [0, 0.05) is 4.88 Å². The molecule has 0 saturated carbocycles. The summed E-state index contributed by atoms with van der Waals surface area (Å²) in [4.78, 5) is 5.08. The zero-order valence-corrected chi connectivity index (χ0v) is 13.5. The van der Waals surface area contributed by atoms with E-state index in [1.54, 1.807) is 6.07 Å². The Balaban J connectivity index is 2.43. The van der Waals surface area contributed by atoms with Gasteiger partial charge in [0.25, 0.3) is 10.0 Å². The largest absolute Gasteiger partial charge is 0.495 e. The quantitative estimate of drug-likeness (QED) is 0.877. The Morgan fingerprint density at radius 1 is 1.38 bits per heavy atom. The van der Waals surface area contributed by atoms with Crippen molar-refractivity contribution >= 4 is 26.5 Å². The predicted octanol–water partition coefficient (Wildman–Crippen LogP) is 2.06. The lowest BCUT2D eigenvalue weighted by molar-refractivity contribution is 0.281. The maximum Gasteiger partial charge on any atom is 0.267 e. The Morgan fingerprint density at radius 2 is 2.10 bits per heavy atom. The van der Waals surface area contributed by atoms with E-state index in [1.165, 1.54) is 30.6 Å². The van der Waals surface area contributed by atoms with E-state index >= 15 is 0 Å². The van der Waals surface area contributed by atoms with Crippen LogP contribution in [-0.4, -0.2) is 25.6 Å². The minimum Gasteiger partial charge on any atom is -0.495 e. The summed E-state index contributed by atoms with van der Waals surface area (Å²) in [6.45, 7) is 3.44. The number of thiazole rings is 1. The van der Waals surface area contributed by atoms with Gasteiger partial charge >= 0.3 is 0 Å². The van der Waals surface area contributed by atoms with Crippen molar-refractivity contribution < 1.29 is 18.3 Å². The van der Waals surface area contributed by atoms with E-state index in [2.05, 4.69) is 9.71 Å². The summed E-state index contributed by atoms with van der Waals surface area (Å²) >= 11 is 1.27. The molecule has 0 aliphatic carbocycles. The molecule has 0 bridgehead atoms. The second kappa shape index (κ2) is 6.00. The van der Waals surface area contributed by atoms with Crippen LogP contribution in [0.2, 0.25) is 0 Å². The summed E-state index contributed by atoms with van der Waals surface area (Å²) in [5.41, 5.74) is 1.27. The molecule has 2 aromatic rings. The van der Waals surface area contributed by atoms with Crippen molar-refractivity contribution in [2.45, 2.75) is 25.3 Å². The second-order valence-corrected chi connectivity index (χ2v) is 7.26. The van der Waals surface area contributed by atoms with Crippen molar-refractivity contribution in [2.75, 3.05) is 11.8 Å². The molecular formula is C13H16N2O4S2. The highest BCUT2D eigenvalue weighted by Crippen LogP contribution is 2.29. The van der Waals surface area contributed by atoms with Crippen molar-refractivity contribution in [3.63, 3.8) is 0 Å². The molecule has 0 radical (unpaired) electrons. The van der Waals surface area contributed by atoms with Gasteiger partial charge < -0.3 is 9.84 Å². The number of nitrogens with one attached hydrogen (secondary N) is 1. The molecule has 1 aromatic carbocycles. The number of aliphatic hydroxyl groups excluding tert-OH is 1. The van der Waals surface area contributed by atoms with Crippen molar-refractivity contribution in [1.82, 2.24) is 4.98 Å². The maximum absolute atomic E-state index is 12.5. The third-order valence-corrected chi connectivity index (χ3v) is 5.43. The fraction of sp³-hybridized carbons (Fsp3) is 0.308. The Labute approximate surface area is 127 Å². The summed E-state index contributed by atoms with van der Waals surface area (Å²) < 4.78 is 32.4. The second-order valence-electron chi connectivity index (χ2n) is 4.41. The van der Waals surface area contributed by atoms with Crippen LogP contribution in [0, 0.1) is 13.8 Å². The van der Waals surface area contributed by atoms with Crippen molar-refractivity contribution in [1.29, 1.82) is 0 Å². The molecule has 0 spiro atoms. The lowest BCUT2D eigenvalue weighted by Gasteiger charge is -2.11. The fourth-order valence-electron chi connectivity index (χ4n) is 1.72. The van der Waals surface area contributed by atoms with Gasteiger partial charge in [-0.25, -0.2) is 13.4 Å². The van der Waals surface area contributed by atoms with Crippen LogP contribution in [0.4, 0.5) is 5.13 Å². The molecule has 1 heterocycles. The van der Waals surface area contributed by atoms with Gasteiger partial charge in [-0.05, 0) is 31.5 Å². The van der Waals surface area contributed by atoms with Gasteiger partial charge in [0.2, 0.25) is 0 Å². The smallest absolute Gasteiger partial charge is 0.267 e. The van der Waals surface area contributed by atoms with Crippen LogP contribution in [0.15, 0.2) is 23.1 Å². The molecule has 0 saturated heterocycles. The number of aromatic nitrogens is 1. The van der Waals surface area contributed by atoms with Gasteiger partial charge in [-0.2, -0.15) is 0 Å². The Bertz CT molecular complexity index is 734. The monoisotopic (exact) mass is 328 g/mol. The summed E-state index contributed by atoms with van der Waals surface area (Å²) in [7, 11) is -2.44. The number of hydrogen-bond donors (Lipinski definition) is 2. The van der Waals surface area contributed by atoms with E-state index < -0.39 is 10.0 Å². The first-order valence-corrected chi connectivity index (χ1v) is 8.42. The van der Waals surface area contributed by atoms with Gasteiger partial charge in [0.1, 0.15) is 10.6 Å². The fourth-order valence-corrected chi connectivity index (χ4v) is 3.99. The van der Waals surface area contributed by atoms with Crippen molar-refractivity contribution in [3.8, 4) is 5.75 Å². The van der Waals surface area contributed by atoms with Crippen LogP contribution in [-0.2, 0) is 16.6 Å². The van der Waals surface area contributed by atoms with Crippen LogP contribution in [0.1, 0.15) is 16.1 Å². The first kappa shape index (κ1) is 15.7. The normalized spacial score (nSPS) is 11.4. The minimum atomic E-state index is -3.83. The third-order valence-electron chi connectivity index (χ3n) is 2.95. The van der Waals surface area contributed by atoms with Gasteiger partial charge in [-0.3, -0.25) is 4.72 Å². The molecule has 6 nitrogen and oxygen atoms in total. The van der Waals surface area contributed by atoms with E-state index in [9.17, 15) is 8.42 Å². The molecule has 1 aromatic heterocycles. The highest BCUT2D eigenvalue weighted by Gasteiger charge is 2.21. The van der Waals surface area contributed by atoms with Crippen molar-refractivity contribution in [3.05, 3.63) is 34.3 Å². The Morgan fingerprint density at radius 3 is 2.62 bits per heavy atom. The first-order valence-electron chi connectivity index (χ1n) is 6.12.